The number of carbonyl (C=O) groups is 2. The minimum absolute atomic E-state index is 0.00117. The number of anilines is 1. The SMILES string of the molecule is O=C(O[C@@H](C(=O)Nc1ccc([N+](=O)[O-])cc1Cl)c1ccccc1)c1cccnc1Cl. The topological polar surface area (TPSA) is 111 Å². The second kappa shape index (κ2) is 9.34. The largest absolute Gasteiger partial charge is 0.444 e. The molecule has 0 radical (unpaired) electrons. The van der Waals surface area contributed by atoms with Crippen molar-refractivity contribution >= 4 is 46.5 Å². The number of esters is 1. The first-order valence-electron chi connectivity index (χ1n) is 8.48. The lowest BCUT2D eigenvalue weighted by atomic mass is 10.1. The first-order chi connectivity index (χ1) is 14.4. The molecular formula is C20H13Cl2N3O5. The van der Waals surface area contributed by atoms with Gasteiger partial charge >= 0.3 is 5.97 Å². The van der Waals surface area contributed by atoms with Gasteiger partial charge in [0.25, 0.3) is 11.6 Å². The van der Waals surface area contributed by atoms with Gasteiger partial charge < -0.3 is 10.1 Å². The average molecular weight is 446 g/mol. The lowest BCUT2D eigenvalue weighted by Crippen LogP contribution is -2.26. The number of carbonyl (C=O) groups excluding carboxylic acids is 2. The number of aromatic nitrogens is 1. The second-order valence-corrected chi connectivity index (χ2v) is 6.71. The molecule has 1 heterocycles. The van der Waals surface area contributed by atoms with Gasteiger partial charge in [0.1, 0.15) is 5.15 Å². The van der Waals surface area contributed by atoms with Gasteiger partial charge in [-0.15, -0.1) is 0 Å². The normalized spacial score (nSPS) is 11.4. The van der Waals surface area contributed by atoms with E-state index in [1.54, 1.807) is 30.3 Å². The van der Waals surface area contributed by atoms with Crippen LogP contribution in [0.4, 0.5) is 11.4 Å². The maximum absolute atomic E-state index is 12.9. The zero-order valence-corrected chi connectivity index (χ0v) is 16.6. The highest BCUT2D eigenvalue weighted by atomic mass is 35.5. The summed E-state index contributed by atoms with van der Waals surface area (Å²) < 4.78 is 5.41. The van der Waals surface area contributed by atoms with Crippen LogP contribution in [0.3, 0.4) is 0 Å². The maximum Gasteiger partial charge on any atom is 0.342 e. The van der Waals surface area contributed by atoms with E-state index < -0.39 is 22.9 Å². The molecule has 30 heavy (non-hydrogen) atoms. The molecule has 0 fully saturated rings. The maximum atomic E-state index is 12.9. The molecule has 1 atom stereocenters. The van der Waals surface area contributed by atoms with Crippen LogP contribution in [0.15, 0.2) is 66.9 Å². The lowest BCUT2D eigenvalue weighted by Gasteiger charge is -2.18. The van der Waals surface area contributed by atoms with E-state index in [1.165, 1.54) is 30.5 Å². The van der Waals surface area contributed by atoms with Crippen molar-refractivity contribution in [3.8, 4) is 0 Å². The highest BCUT2D eigenvalue weighted by Crippen LogP contribution is 2.29. The fourth-order valence-electron chi connectivity index (χ4n) is 2.53. The molecule has 1 amide bonds. The molecule has 0 saturated carbocycles. The summed E-state index contributed by atoms with van der Waals surface area (Å²) in [4.78, 5) is 39.5. The monoisotopic (exact) mass is 445 g/mol. The molecule has 0 spiro atoms. The predicted molar refractivity (Wildman–Crippen MR) is 111 cm³/mol. The van der Waals surface area contributed by atoms with E-state index in [0.717, 1.165) is 6.07 Å². The van der Waals surface area contributed by atoms with Gasteiger partial charge in [-0.05, 0) is 18.2 Å². The van der Waals surface area contributed by atoms with Gasteiger partial charge in [-0.1, -0.05) is 53.5 Å². The van der Waals surface area contributed by atoms with Gasteiger partial charge in [-0.25, -0.2) is 9.78 Å². The number of amides is 1. The molecule has 0 unspecified atom stereocenters. The van der Waals surface area contributed by atoms with Gasteiger partial charge in [-0.2, -0.15) is 0 Å². The summed E-state index contributed by atoms with van der Waals surface area (Å²) in [6.45, 7) is 0. The Kier molecular flexibility index (Phi) is 6.61. The minimum atomic E-state index is -1.33. The van der Waals surface area contributed by atoms with Crippen molar-refractivity contribution in [2.45, 2.75) is 6.10 Å². The zero-order valence-electron chi connectivity index (χ0n) is 15.1. The molecule has 1 N–H and O–H groups in total. The molecule has 10 heteroatoms. The summed E-state index contributed by atoms with van der Waals surface area (Å²) in [5.74, 6) is -1.54. The lowest BCUT2D eigenvalue weighted by molar-refractivity contribution is -0.384. The van der Waals surface area contributed by atoms with E-state index in [9.17, 15) is 19.7 Å². The Hall–Kier alpha value is -3.49. The van der Waals surface area contributed by atoms with Crippen LogP contribution in [0.2, 0.25) is 10.2 Å². The van der Waals surface area contributed by atoms with E-state index in [1.807, 2.05) is 0 Å². The van der Waals surface area contributed by atoms with Crippen molar-refractivity contribution in [2.75, 3.05) is 5.32 Å². The highest BCUT2D eigenvalue weighted by Gasteiger charge is 2.27. The summed E-state index contributed by atoms with van der Waals surface area (Å²) in [6.07, 6.45) is 0.0816. The van der Waals surface area contributed by atoms with Crippen molar-refractivity contribution in [3.63, 3.8) is 0 Å². The number of halogens is 2. The van der Waals surface area contributed by atoms with Crippen molar-refractivity contribution in [1.29, 1.82) is 0 Å². The minimum Gasteiger partial charge on any atom is -0.444 e. The first kappa shape index (κ1) is 21.2. The number of pyridine rings is 1. The Balaban J connectivity index is 1.87. The van der Waals surface area contributed by atoms with E-state index in [-0.39, 0.29) is 27.1 Å². The fraction of sp³-hybridized carbons (Fsp3) is 0.0500. The summed E-state index contributed by atoms with van der Waals surface area (Å²) in [5.41, 5.74) is 0.307. The number of nitro benzene ring substituents is 1. The fourth-order valence-corrected chi connectivity index (χ4v) is 2.95. The average Bonchev–Trinajstić information content (AvgIpc) is 2.74. The van der Waals surface area contributed by atoms with Gasteiger partial charge in [0.2, 0.25) is 6.10 Å². The number of ether oxygens (including phenoxy) is 1. The van der Waals surface area contributed by atoms with E-state index >= 15 is 0 Å². The molecule has 0 aliphatic heterocycles. The molecule has 8 nitrogen and oxygen atoms in total. The third-order valence-electron chi connectivity index (χ3n) is 3.97. The van der Waals surface area contributed by atoms with Gasteiger partial charge in [0.15, 0.2) is 0 Å². The van der Waals surface area contributed by atoms with Gasteiger partial charge in [0, 0.05) is 23.9 Å². The smallest absolute Gasteiger partial charge is 0.342 e. The molecular weight excluding hydrogens is 433 g/mol. The van der Waals surface area contributed by atoms with Crippen LogP contribution >= 0.6 is 23.2 Å². The molecule has 2 aromatic carbocycles. The Labute approximate surface area is 180 Å². The molecule has 0 aliphatic carbocycles. The van der Waals surface area contributed by atoms with Crippen LogP contribution in [0.5, 0.6) is 0 Å². The number of benzene rings is 2. The Morgan fingerprint density at radius 2 is 1.80 bits per heavy atom. The Morgan fingerprint density at radius 3 is 2.43 bits per heavy atom. The standard InChI is InChI=1S/C20H13Cl2N3O5/c21-15-11-13(25(28)29)8-9-16(15)24-19(26)17(12-5-2-1-3-6-12)30-20(27)14-7-4-10-23-18(14)22/h1-11,17H,(H,24,26)/t17-/m1/s1. The van der Waals surface area contributed by atoms with E-state index in [4.69, 9.17) is 27.9 Å². The molecule has 0 aliphatic rings. The van der Waals surface area contributed by atoms with Crippen LogP contribution in [0.25, 0.3) is 0 Å². The summed E-state index contributed by atoms with van der Waals surface area (Å²) >= 11 is 12.0. The highest BCUT2D eigenvalue weighted by molar-refractivity contribution is 6.34. The number of rotatable bonds is 6. The van der Waals surface area contributed by atoms with Crippen molar-refractivity contribution < 1.29 is 19.2 Å². The van der Waals surface area contributed by atoms with Gasteiger partial charge in [-0.3, -0.25) is 14.9 Å². The van der Waals surface area contributed by atoms with E-state index in [0.29, 0.717) is 5.56 Å². The van der Waals surface area contributed by atoms with E-state index in [2.05, 4.69) is 10.3 Å². The van der Waals surface area contributed by atoms with Crippen LogP contribution < -0.4 is 5.32 Å². The molecule has 3 aromatic rings. The second-order valence-electron chi connectivity index (χ2n) is 5.95. The molecule has 0 bridgehead atoms. The number of nitro groups is 1. The van der Waals surface area contributed by atoms with Gasteiger partial charge in [0.05, 0.1) is 21.2 Å². The summed E-state index contributed by atoms with van der Waals surface area (Å²) in [6, 6.07) is 14.8. The predicted octanol–water partition coefficient (Wildman–Crippen LogP) is 4.83. The third-order valence-corrected chi connectivity index (χ3v) is 4.58. The summed E-state index contributed by atoms with van der Waals surface area (Å²) in [5, 5.41) is 13.3. The number of nitrogens with one attached hydrogen (secondary N) is 1. The van der Waals surface area contributed by atoms with Crippen LogP contribution in [-0.2, 0) is 9.53 Å². The first-order valence-corrected chi connectivity index (χ1v) is 9.23. The third kappa shape index (κ3) is 4.91. The number of hydrogen-bond donors (Lipinski definition) is 1. The number of hydrogen-bond acceptors (Lipinski definition) is 6. The number of nitrogens with zero attached hydrogens (tertiary/aromatic N) is 2. The van der Waals surface area contributed by atoms with Crippen LogP contribution in [0.1, 0.15) is 22.0 Å². The van der Waals surface area contributed by atoms with Crippen LogP contribution in [-0.4, -0.2) is 21.8 Å². The molecule has 0 saturated heterocycles. The zero-order chi connectivity index (χ0) is 21.7. The van der Waals surface area contributed by atoms with Crippen LogP contribution in [0, 0.1) is 10.1 Å². The quantitative estimate of drug-likeness (QED) is 0.251. The Bertz CT molecular complexity index is 1110. The van der Waals surface area contributed by atoms with Crippen molar-refractivity contribution in [1.82, 2.24) is 4.98 Å². The van der Waals surface area contributed by atoms with Crippen molar-refractivity contribution in [2.24, 2.45) is 0 Å². The molecule has 3 rings (SSSR count). The van der Waals surface area contributed by atoms with Crippen molar-refractivity contribution in [3.05, 3.63) is 98.3 Å². The number of non-ortho nitro benzene ring substituents is 1. The Morgan fingerprint density at radius 1 is 1.07 bits per heavy atom. The summed E-state index contributed by atoms with van der Waals surface area (Å²) in [7, 11) is 0. The molecule has 1 aromatic heterocycles. The molecule has 152 valence electrons.